The molecule has 0 aromatic carbocycles. The summed E-state index contributed by atoms with van der Waals surface area (Å²) in [6.07, 6.45) is 3.04. The monoisotopic (exact) mass is 285 g/mol. The normalized spacial score (nSPS) is 15.5. The average Bonchev–Trinajstić information content (AvgIpc) is 2.82. The van der Waals surface area contributed by atoms with Crippen molar-refractivity contribution in [2.24, 2.45) is 5.84 Å². The highest BCUT2D eigenvalue weighted by atomic mass is 32.1. The van der Waals surface area contributed by atoms with E-state index in [0.717, 1.165) is 30.0 Å². The third kappa shape index (κ3) is 4.84. The molecule has 1 rings (SSSR count). The molecule has 3 N–H and O–H groups in total. The molecule has 2 atom stereocenters. The molecule has 19 heavy (non-hydrogen) atoms. The fraction of sp³-hybridized carbons (Fsp3) is 0.786. The number of nitrogens with one attached hydrogen (secondary N) is 1. The maximum Gasteiger partial charge on any atom is 0.0945 e. The first-order valence-electron chi connectivity index (χ1n) is 6.86. The van der Waals surface area contributed by atoms with Gasteiger partial charge in [-0.25, -0.2) is 4.98 Å². The number of nitrogens with zero attached hydrogens (tertiary/aromatic N) is 1. The van der Waals surface area contributed by atoms with Gasteiger partial charge in [0.25, 0.3) is 0 Å². The van der Waals surface area contributed by atoms with E-state index in [9.17, 15) is 0 Å². The first-order chi connectivity index (χ1) is 8.92. The van der Waals surface area contributed by atoms with Gasteiger partial charge in [0.1, 0.15) is 0 Å². The third-order valence-corrected chi connectivity index (χ3v) is 4.12. The van der Waals surface area contributed by atoms with Crippen molar-refractivity contribution in [1.29, 1.82) is 0 Å². The maximum absolute atomic E-state index is 5.67. The molecule has 5 heteroatoms. The summed E-state index contributed by atoms with van der Waals surface area (Å²) in [7, 11) is 1.74. The van der Waals surface area contributed by atoms with Crippen molar-refractivity contribution in [1.82, 2.24) is 10.4 Å². The smallest absolute Gasteiger partial charge is 0.0945 e. The summed E-state index contributed by atoms with van der Waals surface area (Å²) in [6.45, 7) is 8.69. The van der Waals surface area contributed by atoms with E-state index in [1.807, 2.05) is 0 Å². The number of ether oxygens (including phenoxy) is 1. The van der Waals surface area contributed by atoms with E-state index in [-0.39, 0.29) is 17.6 Å². The minimum atomic E-state index is 0.102. The van der Waals surface area contributed by atoms with Crippen LogP contribution in [-0.4, -0.2) is 24.2 Å². The summed E-state index contributed by atoms with van der Waals surface area (Å²) >= 11 is 1.70. The molecule has 1 heterocycles. The Labute approximate surface area is 120 Å². The highest BCUT2D eigenvalue weighted by Crippen LogP contribution is 2.25. The number of hydrogen-bond donors (Lipinski definition) is 2. The van der Waals surface area contributed by atoms with E-state index in [2.05, 4.69) is 38.5 Å². The van der Waals surface area contributed by atoms with Gasteiger partial charge in [-0.3, -0.25) is 11.3 Å². The summed E-state index contributed by atoms with van der Waals surface area (Å²) in [6, 6.07) is 0.115. The van der Waals surface area contributed by atoms with Crippen molar-refractivity contribution in [3.05, 3.63) is 16.1 Å². The van der Waals surface area contributed by atoms with Crippen molar-refractivity contribution in [3.8, 4) is 0 Å². The first-order valence-corrected chi connectivity index (χ1v) is 7.74. The van der Waals surface area contributed by atoms with Gasteiger partial charge in [-0.1, -0.05) is 34.1 Å². The molecular formula is C14H27N3OS. The van der Waals surface area contributed by atoms with Gasteiger partial charge in [0.15, 0.2) is 0 Å². The van der Waals surface area contributed by atoms with Crippen molar-refractivity contribution in [2.45, 2.75) is 64.5 Å². The number of thiazole rings is 1. The molecule has 1 aromatic heterocycles. The molecule has 0 fully saturated rings. The molecule has 110 valence electrons. The number of hydrazine groups is 1. The average molecular weight is 285 g/mol. The lowest BCUT2D eigenvalue weighted by atomic mass is 9.93. The highest BCUT2D eigenvalue weighted by Gasteiger charge is 2.23. The zero-order chi connectivity index (χ0) is 14.5. The van der Waals surface area contributed by atoms with Crippen molar-refractivity contribution in [3.63, 3.8) is 0 Å². The van der Waals surface area contributed by atoms with Crippen LogP contribution in [0, 0.1) is 0 Å². The molecule has 0 spiro atoms. The lowest BCUT2D eigenvalue weighted by Gasteiger charge is -2.24. The van der Waals surface area contributed by atoms with E-state index in [0.29, 0.717) is 0 Å². The van der Waals surface area contributed by atoms with E-state index in [4.69, 9.17) is 15.6 Å². The quantitative estimate of drug-likeness (QED) is 0.597. The van der Waals surface area contributed by atoms with Crippen molar-refractivity contribution < 1.29 is 4.74 Å². The lowest BCUT2D eigenvalue weighted by Crippen LogP contribution is -2.46. The summed E-state index contributed by atoms with van der Waals surface area (Å²) in [5.41, 5.74) is 4.12. The van der Waals surface area contributed by atoms with Crippen LogP contribution in [0.5, 0.6) is 0 Å². The van der Waals surface area contributed by atoms with Gasteiger partial charge >= 0.3 is 0 Å². The van der Waals surface area contributed by atoms with Crippen LogP contribution in [0.3, 0.4) is 0 Å². The second-order valence-corrected chi connectivity index (χ2v) is 6.86. The zero-order valence-corrected chi connectivity index (χ0v) is 13.5. The Balaban J connectivity index is 2.73. The number of methoxy groups -OCH3 is 1. The topological polar surface area (TPSA) is 60.2 Å². The van der Waals surface area contributed by atoms with Gasteiger partial charge in [-0.05, 0) is 6.42 Å². The zero-order valence-electron chi connectivity index (χ0n) is 12.7. The molecule has 0 aliphatic carbocycles. The standard InChI is InChI=1S/C14H27N3OS/c1-6-7-11(18-5)10(17-15)8-13-16-12(9-19-13)14(2,3)4/h9-11,17H,6-8,15H2,1-5H3. The summed E-state index contributed by atoms with van der Waals surface area (Å²) in [5, 5.41) is 3.26. The molecule has 0 saturated heterocycles. The van der Waals surface area contributed by atoms with Crippen molar-refractivity contribution >= 4 is 11.3 Å². The Morgan fingerprint density at radius 3 is 2.58 bits per heavy atom. The Morgan fingerprint density at radius 1 is 1.47 bits per heavy atom. The Morgan fingerprint density at radius 2 is 2.16 bits per heavy atom. The Kier molecular flexibility index (Phi) is 6.39. The molecule has 2 unspecified atom stereocenters. The number of hydrogen-bond acceptors (Lipinski definition) is 5. The van der Waals surface area contributed by atoms with E-state index >= 15 is 0 Å². The van der Waals surface area contributed by atoms with Gasteiger partial charge in [-0.15, -0.1) is 11.3 Å². The maximum atomic E-state index is 5.67. The van der Waals surface area contributed by atoms with Crippen molar-refractivity contribution in [2.75, 3.05) is 7.11 Å². The van der Waals surface area contributed by atoms with Gasteiger partial charge in [0, 0.05) is 24.3 Å². The number of aromatic nitrogens is 1. The van der Waals surface area contributed by atoms with Crippen LogP contribution in [0.15, 0.2) is 5.38 Å². The SMILES string of the molecule is CCCC(OC)C(Cc1nc(C(C)(C)C)cs1)NN. The predicted octanol–water partition coefficient (Wildman–Crippen LogP) is 2.63. The number of nitrogens with two attached hydrogens (primary N) is 1. The first kappa shape index (κ1) is 16.6. The third-order valence-electron chi connectivity index (χ3n) is 3.25. The molecule has 1 aromatic rings. The van der Waals surface area contributed by atoms with Crippen LogP contribution in [0.1, 0.15) is 51.2 Å². The minimum absolute atomic E-state index is 0.102. The molecule has 0 radical (unpaired) electrons. The largest absolute Gasteiger partial charge is 0.380 e. The summed E-state index contributed by atoms with van der Waals surface area (Å²) in [5.74, 6) is 5.67. The van der Waals surface area contributed by atoms with Crippen LogP contribution >= 0.6 is 11.3 Å². The lowest BCUT2D eigenvalue weighted by molar-refractivity contribution is 0.0609. The van der Waals surface area contributed by atoms with Crippen LogP contribution in [0.4, 0.5) is 0 Å². The molecule has 0 bridgehead atoms. The molecule has 0 aliphatic rings. The Bertz CT molecular complexity index is 373. The molecule has 0 saturated carbocycles. The second kappa shape index (κ2) is 7.33. The highest BCUT2D eigenvalue weighted by molar-refractivity contribution is 7.09. The Hall–Kier alpha value is -0.490. The summed E-state index contributed by atoms with van der Waals surface area (Å²) < 4.78 is 5.52. The van der Waals surface area contributed by atoms with Crippen LogP contribution in [0.2, 0.25) is 0 Å². The van der Waals surface area contributed by atoms with Gasteiger partial charge < -0.3 is 4.74 Å². The van der Waals surface area contributed by atoms with E-state index in [1.165, 1.54) is 0 Å². The van der Waals surface area contributed by atoms with E-state index < -0.39 is 0 Å². The fourth-order valence-electron chi connectivity index (χ4n) is 2.00. The molecular weight excluding hydrogens is 258 g/mol. The van der Waals surface area contributed by atoms with Crippen LogP contribution in [-0.2, 0) is 16.6 Å². The van der Waals surface area contributed by atoms with Gasteiger partial charge in [0.2, 0.25) is 0 Å². The van der Waals surface area contributed by atoms with Gasteiger partial charge in [-0.2, -0.15) is 0 Å². The van der Waals surface area contributed by atoms with Gasteiger partial charge in [0.05, 0.1) is 22.8 Å². The second-order valence-electron chi connectivity index (χ2n) is 5.92. The van der Waals surface area contributed by atoms with Crippen LogP contribution < -0.4 is 11.3 Å². The number of rotatable bonds is 7. The molecule has 0 aliphatic heterocycles. The predicted molar refractivity (Wildman–Crippen MR) is 81.3 cm³/mol. The van der Waals surface area contributed by atoms with Crippen LogP contribution in [0.25, 0.3) is 0 Å². The summed E-state index contributed by atoms with van der Waals surface area (Å²) in [4.78, 5) is 4.71. The fourth-order valence-corrected chi connectivity index (χ4v) is 3.08. The molecule has 0 amide bonds. The van der Waals surface area contributed by atoms with E-state index in [1.54, 1.807) is 18.4 Å². The molecule has 4 nitrogen and oxygen atoms in total. The minimum Gasteiger partial charge on any atom is -0.380 e.